The largest absolute Gasteiger partial charge is 0.480 e. The molecule has 4 aliphatic carbocycles. The maximum absolute atomic E-state index is 13.1. The van der Waals surface area contributed by atoms with Gasteiger partial charge in [0.25, 0.3) is 0 Å². The Hall–Kier alpha value is -2.41. The molecule has 244 valence electrons. The van der Waals surface area contributed by atoms with Gasteiger partial charge in [0.1, 0.15) is 12.1 Å². The average molecular weight is 609 g/mol. The Morgan fingerprint density at radius 3 is 2.32 bits per heavy atom. The summed E-state index contributed by atoms with van der Waals surface area (Å²) in [6, 6.07) is 7.41. The first kappa shape index (κ1) is 33.0. The van der Waals surface area contributed by atoms with Gasteiger partial charge in [-0.2, -0.15) is 0 Å². The van der Waals surface area contributed by atoms with Crippen LogP contribution in [-0.4, -0.2) is 46.2 Å². The number of carbonyl (C=O) groups is 3. The van der Waals surface area contributed by atoms with Crippen molar-refractivity contribution in [3.05, 3.63) is 35.9 Å². The van der Waals surface area contributed by atoms with E-state index in [1.54, 1.807) is 0 Å². The molecule has 4 N–H and O–H groups in total. The van der Waals surface area contributed by atoms with Crippen LogP contribution in [0.15, 0.2) is 30.3 Å². The molecule has 4 fully saturated rings. The molecule has 10 atom stereocenters. The lowest BCUT2D eigenvalue weighted by Gasteiger charge is -2.61. The fraction of sp³-hybridized carbons (Fsp3) is 0.757. The van der Waals surface area contributed by atoms with Crippen molar-refractivity contribution in [2.45, 2.75) is 129 Å². The molecule has 0 aliphatic heterocycles. The first-order chi connectivity index (χ1) is 20.9. The van der Waals surface area contributed by atoms with Gasteiger partial charge < -0.3 is 20.8 Å². The molecular formula is C37H56N2O5. The third-order valence-corrected chi connectivity index (χ3v) is 13.0. The Morgan fingerprint density at radius 1 is 0.909 bits per heavy atom. The number of nitrogens with one attached hydrogen (secondary N) is 2. The molecule has 0 radical (unpaired) electrons. The van der Waals surface area contributed by atoms with Gasteiger partial charge in [0, 0.05) is 12.8 Å². The molecule has 4 aliphatic rings. The molecule has 1 aromatic rings. The Morgan fingerprint density at radius 2 is 1.61 bits per heavy atom. The smallest absolute Gasteiger partial charge is 0.326 e. The van der Waals surface area contributed by atoms with Gasteiger partial charge in [-0.25, -0.2) is 4.79 Å². The van der Waals surface area contributed by atoms with Crippen molar-refractivity contribution < 1.29 is 24.6 Å². The number of hydrogen-bond acceptors (Lipinski definition) is 4. The van der Waals surface area contributed by atoms with Crippen LogP contribution in [0.2, 0.25) is 0 Å². The molecule has 5 rings (SSSR count). The van der Waals surface area contributed by atoms with Crippen LogP contribution in [-0.2, 0) is 20.8 Å². The van der Waals surface area contributed by atoms with Crippen molar-refractivity contribution in [1.82, 2.24) is 10.6 Å². The van der Waals surface area contributed by atoms with Crippen LogP contribution in [0.4, 0.5) is 0 Å². The van der Waals surface area contributed by atoms with Crippen LogP contribution in [0.3, 0.4) is 0 Å². The number of aliphatic carboxylic acids is 1. The number of carboxylic acids is 1. The van der Waals surface area contributed by atoms with Crippen LogP contribution in [0.1, 0.15) is 110 Å². The number of aliphatic hydroxyl groups excluding tert-OH is 1. The fourth-order valence-corrected chi connectivity index (χ4v) is 10.4. The van der Waals surface area contributed by atoms with Crippen LogP contribution in [0.5, 0.6) is 0 Å². The van der Waals surface area contributed by atoms with Crippen molar-refractivity contribution in [3.63, 3.8) is 0 Å². The van der Waals surface area contributed by atoms with Gasteiger partial charge in [0.15, 0.2) is 0 Å². The number of carbonyl (C=O) groups excluding carboxylic acids is 2. The topological polar surface area (TPSA) is 116 Å². The molecule has 4 saturated carbocycles. The van der Waals surface area contributed by atoms with E-state index in [2.05, 4.69) is 24.5 Å². The summed E-state index contributed by atoms with van der Waals surface area (Å²) in [7, 11) is 0. The standard InChI is InChI=1S/C37H56N2O5/c1-23(2)33(34(42)38-31(35(43)44)21-24-9-6-5-7-10-24)39-32(41)12-8-11-25-14-16-29-28-15-13-26-22-27(40)17-19-37(26,4)30(28)18-20-36(25,29)3/h5-7,9-10,23,25-31,33,40H,8,11-22H2,1-4H3,(H,38,42)(H,39,41)(H,43,44)/t25-,26+,27+,28-,29-,30?,31-,33-,36+,37-/m0/s1. The Bertz CT molecular complexity index is 1170. The van der Waals surface area contributed by atoms with Gasteiger partial charge >= 0.3 is 5.97 Å². The molecule has 0 saturated heterocycles. The zero-order chi connectivity index (χ0) is 31.6. The predicted molar refractivity (Wildman–Crippen MR) is 172 cm³/mol. The Balaban J connectivity index is 1.12. The summed E-state index contributed by atoms with van der Waals surface area (Å²) in [6.07, 6.45) is 13.2. The zero-order valence-corrected chi connectivity index (χ0v) is 27.4. The van der Waals surface area contributed by atoms with Crippen molar-refractivity contribution >= 4 is 17.8 Å². The second kappa shape index (κ2) is 13.5. The number of benzene rings is 1. The Kier molecular flexibility index (Phi) is 10.1. The highest BCUT2D eigenvalue weighted by atomic mass is 16.4. The van der Waals surface area contributed by atoms with Gasteiger partial charge in [-0.3, -0.25) is 9.59 Å². The number of fused-ring (bicyclic) bond motifs is 5. The van der Waals surface area contributed by atoms with Crippen LogP contribution >= 0.6 is 0 Å². The maximum Gasteiger partial charge on any atom is 0.326 e. The van der Waals surface area contributed by atoms with E-state index in [-0.39, 0.29) is 24.3 Å². The van der Waals surface area contributed by atoms with Crippen LogP contribution in [0, 0.1) is 46.3 Å². The lowest BCUT2D eigenvalue weighted by Crippen LogP contribution is -2.54. The molecule has 44 heavy (non-hydrogen) atoms. The normalized spacial score (nSPS) is 36.0. The summed E-state index contributed by atoms with van der Waals surface area (Å²) >= 11 is 0. The summed E-state index contributed by atoms with van der Waals surface area (Å²) < 4.78 is 0. The molecule has 0 spiro atoms. The van der Waals surface area contributed by atoms with Crippen molar-refractivity contribution in [3.8, 4) is 0 Å². The third-order valence-electron chi connectivity index (χ3n) is 13.0. The van der Waals surface area contributed by atoms with E-state index in [0.717, 1.165) is 49.0 Å². The zero-order valence-electron chi connectivity index (χ0n) is 27.4. The monoisotopic (exact) mass is 608 g/mol. The molecule has 1 unspecified atom stereocenters. The third kappa shape index (κ3) is 6.73. The van der Waals surface area contributed by atoms with E-state index in [0.29, 0.717) is 29.1 Å². The number of carboxylic acid groups (broad SMARTS) is 1. The van der Waals surface area contributed by atoms with Gasteiger partial charge in [-0.1, -0.05) is 58.0 Å². The summed E-state index contributed by atoms with van der Waals surface area (Å²) in [6.45, 7) is 8.83. The summed E-state index contributed by atoms with van der Waals surface area (Å²) in [5.74, 6) is 1.86. The number of amides is 2. The highest BCUT2D eigenvalue weighted by Gasteiger charge is 2.59. The van der Waals surface area contributed by atoms with E-state index >= 15 is 0 Å². The summed E-state index contributed by atoms with van der Waals surface area (Å²) in [5.41, 5.74) is 1.57. The number of rotatable bonds is 11. The molecule has 0 aromatic heterocycles. The first-order valence-corrected chi connectivity index (χ1v) is 17.5. The van der Waals surface area contributed by atoms with Gasteiger partial charge in [0.05, 0.1) is 6.10 Å². The van der Waals surface area contributed by atoms with Crippen molar-refractivity contribution in [2.24, 2.45) is 46.3 Å². The number of hydrogen-bond donors (Lipinski definition) is 4. The minimum absolute atomic E-state index is 0.0990. The quantitative estimate of drug-likeness (QED) is 0.241. The minimum Gasteiger partial charge on any atom is -0.480 e. The maximum atomic E-state index is 13.1. The van der Waals surface area contributed by atoms with E-state index in [4.69, 9.17) is 0 Å². The average Bonchev–Trinajstić information content (AvgIpc) is 3.32. The van der Waals surface area contributed by atoms with Crippen LogP contribution < -0.4 is 10.6 Å². The van der Waals surface area contributed by atoms with Crippen molar-refractivity contribution in [1.29, 1.82) is 0 Å². The summed E-state index contributed by atoms with van der Waals surface area (Å²) in [4.78, 5) is 38.1. The first-order valence-electron chi connectivity index (χ1n) is 17.5. The minimum atomic E-state index is -1.09. The molecule has 1 aromatic carbocycles. The molecule has 0 bridgehead atoms. The molecule has 7 nitrogen and oxygen atoms in total. The highest BCUT2D eigenvalue weighted by molar-refractivity contribution is 5.90. The molecule has 7 heteroatoms. The summed E-state index contributed by atoms with van der Waals surface area (Å²) in [5, 5.41) is 25.7. The van der Waals surface area contributed by atoms with Gasteiger partial charge in [-0.05, 0) is 123 Å². The van der Waals surface area contributed by atoms with E-state index in [1.165, 1.54) is 44.9 Å². The van der Waals surface area contributed by atoms with Crippen molar-refractivity contribution in [2.75, 3.05) is 0 Å². The predicted octanol–water partition coefficient (Wildman–Crippen LogP) is 6.13. The van der Waals surface area contributed by atoms with Crippen LogP contribution in [0.25, 0.3) is 0 Å². The molecule has 0 heterocycles. The Labute approximate surface area is 264 Å². The van der Waals surface area contributed by atoms with Gasteiger partial charge in [0.2, 0.25) is 11.8 Å². The molecule has 2 amide bonds. The van der Waals surface area contributed by atoms with E-state index in [1.807, 2.05) is 44.2 Å². The lowest BCUT2D eigenvalue weighted by atomic mass is 9.44. The van der Waals surface area contributed by atoms with E-state index < -0.39 is 24.0 Å². The molecular weight excluding hydrogens is 552 g/mol. The SMILES string of the molecule is CC(C)[C@H](NC(=O)CCC[C@H]1CC[C@H]2[C@@H]3CC[C@@H]4C[C@H](O)CC[C@]4(C)C3CC[C@]12C)C(=O)N[C@@H](Cc1ccccc1)C(=O)O. The fourth-order valence-electron chi connectivity index (χ4n) is 10.4. The van der Waals surface area contributed by atoms with Gasteiger partial charge in [-0.15, -0.1) is 0 Å². The lowest BCUT2D eigenvalue weighted by molar-refractivity contribution is -0.142. The number of aliphatic hydroxyl groups is 1. The second-order valence-corrected chi connectivity index (χ2v) is 15.7. The second-order valence-electron chi connectivity index (χ2n) is 15.7. The van der Waals surface area contributed by atoms with E-state index in [9.17, 15) is 24.6 Å². The highest BCUT2D eigenvalue weighted by Crippen LogP contribution is 2.67.